The van der Waals surface area contributed by atoms with E-state index in [0.717, 1.165) is 0 Å². The number of carbonyl (C=O) groups is 2. The van der Waals surface area contributed by atoms with Crippen molar-refractivity contribution in [2.45, 2.75) is 62.9 Å². The van der Waals surface area contributed by atoms with E-state index in [1.165, 1.54) is 0 Å². The van der Waals surface area contributed by atoms with Gasteiger partial charge in [-0.3, -0.25) is 9.59 Å². The number of carboxylic acids is 2. The van der Waals surface area contributed by atoms with E-state index in [2.05, 4.69) is 0 Å². The second kappa shape index (κ2) is 7.28. The van der Waals surface area contributed by atoms with Crippen LogP contribution in [0.25, 0.3) is 0 Å². The Hall–Kier alpha value is -0.360. The predicted octanol–water partition coefficient (Wildman–Crippen LogP) is 3.65. The molecule has 0 aliphatic carbocycles. The monoisotopic (exact) mass is 294 g/mol. The lowest BCUT2D eigenvalue weighted by Crippen LogP contribution is -2.20. The van der Waals surface area contributed by atoms with Crippen LogP contribution < -0.4 is 0 Å². The van der Waals surface area contributed by atoms with Crippen molar-refractivity contribution in [3.63, 3.8) is 0 Å². The minimum atomic E-state index is -0.779. The fourth-order valence-corrected chi connectivity index (χ4v) is 3.80. The summed E-state index contributed by atoms with van der Waals surface area (Å²) in [7, 11) is 3.28. The van der Waals surface area contributed by atoms with Gasteiger partial charge >= 0.3 is 11.9 Å². The predicted molar refractivity (Wildman–Crippen MR) is 77.1 cm³/mol. The fourth-order valence-electron chi connectivity index (χ4n) is 1.12. The van der Waals surface area contributed by atoms with E-state index in [-0.39, 0.29) is 22.3 Å². The Morgan fingerprint density at radius 1 is 0.833 bits per heavy atom. The van der Waals surface area contributed by atoms with Gasteiger partial charge in [-0.05, 0) is 40.5 Å². The van der Waals surface area contributed by atoms with Crippen LogP contribution >= 0.6 is 21.6 Å². The van der Waals surface area contributed by atoms with Gasteiger partial charge in [-0.2, -0.15) is 0 Å². The topological polar surface area (TPSA) is 74.6 Å². The molecule has 0 aliphatic rings. The van der Waals surface area contributed by atoms with E-state index >= 15 is 0 Å². The van der Waals surface area contributed by atoms with Crippen molar-refractivity contribution in [2.75, 3.05) is 0 Å². The van der Waals surface area contributed by atoms with Crippen LogP contribution in [-0.4, -0.2) is 31.6 Å². The van der Waals surface area contributed by atoms with Gasteiger partial charge in [0.2, 0.25) is 0 Å². The summed E-state index contributed by atoms with van der Waals surface area (Å²) in [5.41, 5.74) is 0. The smallest absolute Gasteiger partial charge is 0.303 e. The second-order valence-corrected chi connectivity index (χ2v) is 9.02. The molecule has 0 atom stereocenters. The van der Waals surface area contributed by atoms with Crippen molar-refractivity contribution in [1.29, 1.82) is 0 Å². The van der Waals surface area contributed by atoms with Crippen molar-refractivity contribution >= 4 is 33.5 Å². The van der Waals surface area contributed by atoms with Gasteiger partial charge in [-0.15, -0.1) is 0 Å². The fraction of sp³-hybridized carbons (Fsp3) is 0.833. The first-order valence-corrected chi connectivity index (χ1v) is 7.99. The number of carboxylic acid groups (broad SMARTS) is 2. The molecule has 0 radical (unpaired) electrons. The highest BCUT2D eigenvalue weighted by atomic mass is 33.1. The molecule has 0 fully saturated rings. The molecule has 0 spiro atoms. The minimum Gasteiger partial charge on any atom is -0.481 e. The normalized spacial score (nSPS) is 12.4. The first-order valence-electron chi connectivity index (χ1n) is 5.84. The Balaban J connectivity index is 4.11. The van der Waals surface area contributed by atoms with Crippen LogP contribution in [0.1, 0.15) is 53.4 Å². The highest BCUT2D eigenvalue weighted by molar-refractivity contribution is 8.77. The van der Waals surface area contributed by atoms with Crippen molar-refractivity contribution < 1.29 is 19.8 Å². The van der Waals surface area contributed by atoms with Gasteiger partial charge in [0.1, 0.15) is 0 Å². The molecule has 6 heteroatoms. The molecular weight excluding hydrogens is 272 g/mol. The molecule has 106 valence electrons. The van der Waals surface area contributed by atoms with E-state index < -0.39 is 11.9 Å². The zero-order chi connectivity index (χ0) is 14.4. The molecule has 0 saturated carbocycles. The van der Waals surface area contributed by atoms with Crippen LogP contribution in [0, 0.1) is 0 Å². The summed E-state index contributed by atoms with van der Waals surface area (Å²) >= 11 is 0. The molecule has 0 aromatic heterocycles. The van der Waals surface area contributed by atoms with Crippen LogP contribution in [0.2, 0.25) is 0 Å². The zero-order valence-corrected chi connectivity index (χ0v) is 13.0. The number of hydrogen-bond acceptors (Lipinski definition) is 4. The minimum absolute atomic E-state index is 0.121. The average molecular weight is 294 g/mol. The van der Waals surface area contributed by atoms with E-state index in [1.54, 1.807) is 21.6 Å². The molecule has 2 N–H and O–H groups in total. The lowest BCUT2D eigenvalue weighted by Gasteiger charge is -2.29. The Morgan fingerprint density at radius 2 is 1.11 bits per heavy atom. The molecule has 0 amide bonds. The summed E-state index contributed by atoms with van der Waals surface area (Å²) in [4.78, 5) is 21.1. The maximum absolute atomic E-state index is 10.5. The van der Waals surface area contributed by atoms with Crippen LogP contribution in [0.15, 0.2) is 0 Å². The lowest BCUT2D eigenvalue weighted by molar-refractivity contribution is -0.138. The highest BCUT2D eigenvalue weighted by Gasteiger charge is 2.27. The summed E-state index contributed by atoms with van der Waals surface area (Å²) in [6, 6.07) is 0. The Morgan fingerprint density at radius 3 is 1.33 bits per heavy atom. The van der Waals surface area contributed by atoms with Gasteiger partial charge < -0.3 is 10.2 Å². The molecule has 0 bridgehead atoms. The first-order chi connectivity index (χ1) is 8.04. The maximum atomic E-state index is 10.5. The molecule has 0 rings (SSSR count). The number of hydrogen-bond donors (Lipinski definition) is 2. The summed E-state index contributed by atoms with van der Waals surface area (Å²) in [5.74, 6) is -1.56. The standard InChI is InChI=1S/C12H22O4S2/c1-11(2,7-5-9(13)14)17-18-12(3,4)8-6-10(15)16/h5-8H2,1-4H3,(H,13,14)(H,15,16). The van der Waals surface area contributed by atoms with Crippen molar-refractivity contribution in [1.82, 2.24) is 0 Å². The third kappa shape index (κ3) is 9.65. The third-order valence-electron chi connectivity index (χ3n) is 2.37. The Kier molecular flexibility index (Phi) is 7.14. The van der Waals surface area contributed by atoms with Crippen molar-refractivity contribution in [3.8, 4) is 0 Å². The van der Waals surface area contributed by atoms with Crippen LogP contribution in [0.3, 0.4) is 0 Å². The summed E-state index contributed by atoms with van der Waals surface area (Å²) < 4.78 is -0.243. The molecular formula is C12H22O4S2. The molecule has 4 nitrogen and oxygen atoms in total. The van der Waals surface area contributed by atoms with Gasteiger partial charge in [0.15, 0.2) is 0 Å². The summed E-state index contributed by atoms with van der Waals surface area (Å²) in [6.45, 7) is 8.06. The average Bonchev–Trinajstić information content (AvgIpc) is 2.22. The van der Waals surface area contributed by atoms with Gasteiger partial charge in [0.25, 0.3) is 0 Å². The quantitative estimate of drug-likeness (QED) is 0.632. The Labute approximate surface area is 116 Å². The summed E-state index contributed by atoms with van der Waals surface area (Å²) in [5, 5.41) is 17.3. The van der Waals surface area contributed by atoms with Crippen molar-refractivity contribution in [3.05, 3.63) is 0 Å². The van der Waals surface area contributed by atoms with E-state index in [0.29, 0.717) is 12.8 Å². The van der Waals surface area contributed by atoms with E-state index in [9.17, 15) is 9.59 Å². The summed E-state index contributed by atoms with van der Waals surface area (Å²) in [6.07, 6.45) is 1.54. The largest absolute Gasteiger partial charge is 0.481 e. The molecule has 0 heterocycles. The molecule has 18 heavy (non-hydrogen) atoms. The van der Waals surface area contributed by atoms with Gasteiger partial charge in [-0.25, -0.2) is 0 Å². The van der Waals surface area contributed by atoms with Crippen molar-refractivity contribution in [2.24, 2.45) is 0 Å². The zero-order valence-electron chi connectivity index (χ0n) is 11.4. The van der Waals surface area contributed by atoms with Gasteiger partial charge in [0.05, 0.1) is 0 Å². The first kappa shape index (κ1) is 17.6. The molecule has 0 saturated heterocycles. The second-order valence-electron chi connectivity index (χ2n) is 5.47. The lowest BCUT2D eigenvalue weighted by atomic mass is 10.1. The Bertz CT molecular complexity index is 270. The third-order valence-corrected chi connectivity index (χ3v) is 6.73. The SMILES string of the molecule is CC(C)(CCC(=O)O)SSC(C)(C)CCC(=O)O. The maximum Gasteiger partial charge on any atom is 0.303 e. The molecule has 0 unspecified atom stereocenters. The van der Waals surface area contributed by atoms with E-state index in [1.807, 2.05) is 27.7 Å². The van der Waals surface area contributed by atoms with Gasteiger partial charge in [0, 0.05) is 22.3 Å². The number of aliphatic carboxylic acids is 2. The molecule has 0 aromatic rings. The molecule has 0 aliphatic heterocycles. The number of rotatable bonds is 9. The van der Waals surface area contributed by atoms with Crippen LogP contribution in [0.5, 0.6) is 0 Å². The van der Waals surface area contributed by atoms with E-state index in [4.69, 9.17) is 10.2 Å². The molecule has 0 aromatic carbocycles. The highest BCUT2D eigenvalue weighted by Crippen LogP contribution is 2.47. The van der Waals surface area contributed by atoms with Gasteiger partial charge in [-0.1, -0.05) is 21.6 Å². The van der Waals surface area contributed by atoms with Crippen LogP contribution in [0.4, 0.5) is 0 Å². The van der Waals surface area contributed by atoms with Crippen LogP contribution in [-0.2, 0) is 9.59 Å².